The summed E-state index contributed by atoms with van der Waals surface area (Å²) in [6.07, 6.45) is -5.00. The van der Waals surface area contributed by atoms with Crippen molar-refractivity contribution in [2.75, 3.05) is 5.32 Å². The third-order valence-electron chi connectivity index (χ3n) is 5.13. The molecular formula is C23H24BrF4N5O4. The Balaban J connectivity index is 1.93. The number of carbonyl (C=O) groups excluding carboxylic acids is 2. The third-order valence-corrected chi connectivity index (χ3v) is 5.54. The van der Waals surface area contributed by atoms with Gasteiger partial charge in [-0.15, -0.1) is 0 Å². The van der Waals surface area contributed by atoms with Crippen LogP contribution in [0.4, 0.5) is 28.0 Å². The smallest absolute Gasteiger partial charge is 0.424 e. The number of benzene rings is 1. The maximum absolute atomic E-state index is 14.8. The maximum Gasteiger partial charge on any atom is 0.424 e. The number of aliphatic imine (C=N–C) groups is 1. The molecule has 37 heavy (non-hydrogen) atoms. The van der Waals surface area contributed by atoms with Gasteiger partial charge in [-0.1, -0.05) is 0 Å². The van der Waals surface area contributed by atoms with Crippen LogP contribution < -0.4 is 10.6 Å². The molecule has 0 radical (unpaired) electrons. The number of anilines is 1. The molecule has 1 unspecified atom stereocenters. The first-order valence-electron chi connectivity index (χ1n) is 10.9. The minimum Gasteiger partial charge on any atom is -0.444 e. The van der Waals surface area contributed by atoms with E-state index in [9.17, 15) is 27.2 Å². The summed E-state index contributed by atoms with van der Waals surface area (Å²) in [6.45, 7) is 6.72. The maximum atomic E-state index is 14.8. The van der Waals surface area contributed by atoms with Crippen molar-refractivity contribution in [3.8, 4) is 0 Å². The topological polar surface area (TPSA) is 115 Å². The molecule has 0 aliphatic carbocycles. The van der Waals surface area contributed by atoms with Crippen LogP contribution in [0, 0.1) is 5.82 Å². The molecule has 0 fully saturated rings. The van der Waals surface area contributed by atoms with Gasteiger partial charge in [-0.2, -0.15) is 13.2 Å². The first-order chi connectivity index (χ1) is 17.0. The molecule has 1 aliphatic rings. The molecule has 2 aromatic rings. The number of hydrogen-bond donors (Lipinski definition) is 2. The third kappa shape index (κ3) is 6.60. The highest BCUT2D eigenvalue weighted by molar-refractivity contribution is 9.10. The van der Waals surface area contributed by atoms with Gasteiger partial charge in [0.1, 0.15) is 23.4 Å². The Morgan fingerprint density at radius 2 is 1.76 bits per heavy atom. The summed E-state index contributed by atoms with van der Waals surface area (Å²) in [4.78, 5) is 36.3. The van der Waals surface area contributed by atoms with Gasteiger partial charge in [0.15, 0.2) is 0 Å². The lowest BCUT2D eigenvalue weighted by Crippen LogP contribution is -2.61. The Morgan fingerprint density at radius 1 is 1.14 bits per heavy atom. The van der Waals surface area contributed by atoms with Crippen LogP contribution >= 0.6 is 15.9 Å². The molecule has 3 atom stereocenters. The SMILES string of the molecule is C[C@H]1N=C(NC(=O)OC(C)(C)C)[C@](C)(C(F)(F)F)OC1c1cc(NC(=O)c2ncc(Br)cn2)ccc1F. The molecule has 9 nitrogen and oxygen atoms in total. The zero-order chi connectivity index (χ0) is 27.8. The van der Waals surface area contributed by atoms with E-state index in [2.05, 4.69) is 36.2 Å². The highest BCUT2D eigenvalue weighted by atomic mass is 79.9. The number of alkyl carbamates (subject to hydrolysis) is 1. The summed E-state index contributed by atoms with van der Waals surface area (Å²) in [5.41, 5.74) is -4.28. The van der Waals surface area contributed by atoms with Crippen molar-refractivity contribution >= 4 is 39.5 Å². The molecule has 1 aromatic heterocycles. The van der Waals surface area contributed by atoms with E-state index >= 15 is 0 Å². The number of nitrogens with one attached hydrogen (secondary N) is 2. The van der Waals surface area contributed by atoms with Crippen LogP contribution in [0.15, 0.2) is 40.1 Å². The molecule has 2 heterocycles. The predicted molar refractivity (Wildman–Crippen MR) is 129 cm³/mol. The lowest BCUT2D eigenvalue weighted by atomic mass is 9.95. The van der Waals surface area contributed by atoms with E-state index in [1.807, 2.05) is 5.32 Å². The number of amidine groups is 1. The van der Waals surface area contributed by atoms with E-state index in [-0.39, 0.29) is 17.1 Å². The van der Waals surface area contributed by atoms with Crippen molar-refractivity contribution in [3.63, 3.8) is 0 Å². The Hall–Kier alpha value is -3.13. The quantitative estimate of drug-likeness (QED) is 0.467. The van der Waals surface area contributed by atoms with Gasteiger partial charge in [0.2, 0.25) is 11.4 Å². The van der Waals surface area contributed by atoms with Crippen LogP contribution in [0.25, 0.3) is 0 Å². The number of hydrogen-bond acceptors (Lipinski definition) is 7. The molecule has 0 saturated carbocycles. The summed E-state index contributed by atoms with van der Waals surface area (Å²) in [5, 5.41) is 4.50. The average Bonchev–Trinajstić information content (AvgIpc) is 2.76. The number of amides is 2. The van der Waals surface area contributed by atoms with Crippen LogP contribution in [0.5, 0.6) is 0 Å². The fourth-order valence-electron chi connectivity index (χ4n) is 3.34. The molecule has 0 spiro atoms. The second-order valence-corrected chi connectivity index (χ2v) is 10.2. The van der Waals surface area contributed by atoms with Gasteiger partial charge in [-0.3, -0.25) is 15.1 Å². The Labute approximate surface area is 218 Å². The number of halogens is 5. The van der Waals surface area contributed by atoms with Gasteiger partial charge in [-0.05, 0) is 68.7 Å². The first-order valence-corrected chi connectivity index (χ1v) is 11.7. The minimum absolute atomic E-state index is 0.0686. The average molecular weight is 590 g/mol. The molecule has 200 valence electrons. The number of nitrogens with zero attached hydrogens (tertiary/aromatic N) is 3. The van der Waals surface area contributed by atoms with Crippen molar-refractivity contribution in [1.29, 1.82) is 0 Å². The standard InChI is InChI=1S/C23H24BrF4N5O4/c1-11-16(36-22(5,23(26,27)28)19(31-11)33-20(35)37-21(2,3)4)14-8-13(6-7-15(14)25)32-18(34)17-29-9-12(24)10-30-17/h6-11,16H,1-5H3,(H,32,34)(H,31,33,35)/t11-,16?,22-/m1/s1. The molecule has 3 rings (SSSR count). The highest BCUT2D eigenvalue weighted by Crippen LogP contribution is 2.43. The molecule has 2 N–H and O–H groups in total. The van der Waals surface area contributed by atoms with E-state index in [1.165, 1.54) is 25.4 Å². The van der Waals surface area contributed by atoms with Crippen molar-refractivity contribution < 1.29 is 36.6 Å². The number of alkyl halides is 3. The van der Waals surface area contributed by atoms with Crippen LogP contribution in [0.1, 0.15) is 56.9 Å². The lowest BCUT2D eigenvalue weighted by molar-refractivity contribution is -0.262. The van der Waals surface area contributed by atoms with Crippen molar-refractivity contribution in [2.45, 2.75) is 64.1 Å². The number of rotatable bonds is 3. The van der Waals surface area contributed by atoms with Crippen LogP contribution in [0.3, 0.4) is 0 Å². The Bertz CT molecular complexity index is 1220. The zero-order valence-corrected chi connectivity index (χ0v) is 22.0. The summed E-state index contributed by atoms with van der Waals surface area (Å²) < 4.78 is 68.4. The number of ether oxygens (including phenoxy) is 2. The summed E-state index contributed by atoms with van der Waals surface area (Å²) in [5.74, 6) is -2.60. The van der Waals surface area contributed by atoms with Gasteiger partial charge >= 0.3 is 12.3 Å². The second kappa shape index (κ2) is 10.3. The largest absolute Gasteiger partial charge is 0.444 e. The number of aromatic nitrogens is 2. The Kier molecular flexibility index (Phi) is 7.94. The summed E-state index contributed by atoms with van der Waals surface area (Å²) in [6, 6.07) is 2.29. The predicted octanol–water partition coefficient (Wildman–Crippen LogP) is 5.33. The van der Waals surface area contributed by atoms with E-state index in [0.29, 0.717) is 11.4 Å². The number of carbonyl (C=O) groups is 2. The van der Waals surface area contributed by atoms with Crippen LogP contribution in [0.2, 0.25) is 0 Å². The zero-order valence-electron chi connectivity index (χ0n) is 20.4. The second-order valence-electron chi connectivity index (χ2n) is 9.33. The van der Waals surface area contributed by atoms with E-state index in [0.717, 1.165) is 12.1 Å². The van der Waals surface area contributed by atoms with Crippen molar-refractivity contribution in [3.05, 3.63) is 52.3 Å². The van der Waals surface area contributed by atoms with Gasteiger partial charge < -0.3 is 14.8 Å². The monoisotopic (exact) mass is 589 g/mol. The minimum atomic E-state index is -5.04. The Morgan fingerprint density at radius 3 is 2.32 bits per heavy atom. The first kappa shape index (κ1) is 28.4. The van der Waals surface area contributed by atoms with Crippen LogP contribution in [-0.4, -0.2) is 51.2 Å². The molecule has 0 saturated heterocycles. The van der Waals surface area contributed by atoms with E-state index < -0.39 is 53.2 Å². The fourth-order valence-corrected chi connectivity index (χ4v) is 3.54. The molecule has 0 bridgehead atoms. The summed E-state index contributed by atoms with van der Waals surface area (Å²) >= 11 is 3.15. The van der Waals surface area contributed by atoms with Gasteiger partial charge in [0, 0.05) is 23.6 Å². The molecule has 14 heteroatoms. The van der Waals surface area contributed by atoms with Crippen molar-refractivity contribution in [2.24, 2.45) is 4.99 Å². The van der Waals surface area contributed by atoms with Gasteiger partial charge in [0.25, 0.3) is 5.91 Å². The van der Waals surface area contributed by atoms with E-state index in [4.69, 9.17) is 9.47 Å². The normalized spacial score (nSPS) is 22.2. The van der Waals surface area contributed by atoms with Crippen molar-refractivity contribution in [1.82, 2.24) is 15.3 Å². The van der Waals surface area contributed by atoms with Gasteiger partial charge in [-0.25, -0.2) is 19.2 Å². The van der Waals surface area contributed by atoms with E-state index in [1.54, 1.807) is 20.8 Å². The van der Waals surface area contributed by atoms with Crippen LogP contribution in [-0.2, 0) is 9.47 Å². The van der Waals surface area contributed by atoms with Gasteiger partial charge in [0.05, 0.1) is 10.5 Å². The molecule has 1 aliphatic heterocycles. The summed E-state index contributed by atoms with van der Waals surface area (Å²) in [7, 11) is 0. The fraction of sp³-hybridized carbons (Fsp3) is 0.435. The lowest BCUT2D eigenvalue weighted by Gasteiger charge is -2.42. The molecule has 1 aromatic carbocycles. The molecular weight excluding hydrogens is 566 g/mol. The highest BCUT2D eigenvalue weighted by Gasteiger charge is 2.60. The molecule has 2 amide bonds.